The number of rotatable bonds is 5. The molecule has 1 saturated carbocycles. The number of thiazole rings is 1. The molecule has 3 heterocycles. The number of carbonyl (C=O) groups excluding carboxylic acids is 1. The number of hydrogen-bond donors (Lipinski definition) is 1. The summed E-state index contributed by atoms with van der Waals surface area (Å²) in [6.07, 6.45) is 7.58. The van der Waals surface area contributed by atoms with E-state index in [2.05, 4.69) is 27.5 Å². The van der Waals surface area contributed by atoms with Gasteiger partial charge >= 0.3 is 0 Å². The van der Waals surface area contributed by atoms with E-state index >= 15 is 0 Å². The fourth-order valence-electron chi connectivity index (χ4n) is 3.52. The van der Waals surface area contributed by atoms with Crippen molar-refractivity contribution < 1.29 is 9.53 Å². The lowest BCUT2D eigenvalue weighted by atomic mass is 9.89. The van der Waals surface area contributed by atoms with Gasteiger partial charge in [-0.15, -0.1) is 16.4 Å². The van der Waals surface area contributed by atoms with E-state index in [4.69, 9.17) is 4.74 Å². The van der Waals surface area contributed by atoms with Gasteiger partial charge in [-0.25, -0.2) is 4.98 Å². The molecular weight excluding hydrogens is 326 g/mol. The molecule has 2 fully saturated rings. The molecule has 7 nitrogen and oxygen atoms in total. The second-order valence-electron chi connectivity index (χ2n) is 7.19. The first-order valence-electron chi connectivity index (χ1n) is 8.29. The summed E-state index contributed by atoms with van der Waals surface area (Å²) >= 11 is 1.60. The first-order valence-corrected chi connectivity index (χ1v) is 9.17. The average Bonchev–Trinajstić information content (AvgIpc) is 3.27. The molecule has 1 aliphatic carbocycles. The van der Waals surface area contributed by atoms with Crippen molar-refractivity contribution in [1.82, 2.24) is 25.3 Å². The molecule has 0 aromatic carbocycles. The molecule has 0 spiro atoms. The van der Waals surface area contributed by atoms with E-state index in [-0.39, 0.29) is 16.9 Å². The molecule has 128 valence electrons. The van der Waals surface area contributed by atoms with Gasteiger partial charge in [0, 0.05) is 17.0 Å². The third-order valence-corrected chi connectivity index (χ3v) is 5.84. The van der Waals surface area contributed by atoms with Gasteiger partial charge < -0.3 is 10.1 Å². The number of amides is 1. The molecule has 0 atom stereocenters. The molecule has 2 aromatic heterocycles. The minimum Gasteiger partial charge on any atom is -0.380 e. The smallest absolute Gasteiger partial charge is 0.274 e. The topological polar surface area (TPSA) is 81.9 Å². The maximum absolute atomic E-state index is 12.7. The SMILES string of the molecule is CC1(Cn2cc(C(=O)NC3(c4nccs4)CCCC3)nn2)COC1. The predicted octanol–water partition coefficient (Wildman–Crippen LogP) is 1.97. The Morgan fingerprint density at radius 2 is 2.21 bits per heavy atom. The molecule has 0 unspecified atom stereocenters. The molecule has 0 bridgehead atoms. The summed E-state index contributed by atoms with van der Waals surface area (Å²) < 4.78 is 7.00. The molecule has 2 aromatic rings. The minimum absolute atomic E-state index is 0.0923. The van der Waals surface area contributed by atoms with Gasteiger partial charge in [-0.3, -0.25) is 9.48 Å². The van der Waals surface area contributed by atoms with Crippen LogP contribution in [0, 0.1) is 5.41 Å². The van der Waals surface area contributed by atoms with Gasteiger partial charge in [0.1, 0.15) is 5.01 Å². The zero-order valence-electron chi connectivity index (χ0n) is 13.7. The third kappa shape index (κ3) is 2.84. The summed E-state index contributed by atoms with van der Waals surface area (Å²) in [4.78, 5) is 17.1. The lowest BCUT2D eigenvalue weighted by molar-refractivity contribution is -0.111. The standard InChI is InChI=1S/C16H21N5O2S/c1-15(10-23-11-15)9-21-8-12(19-20-21)13(22)18-16(4-2-3-5-16)14-17-6-7-24-14/h6-8H,2-5,9-11H2,1H3,(H,18,22). The average molecular weight is 347 g/mol. The summed E-state index contributed by atoms with van der Waals surface area (Å²) in [5.74, 6) is -0.173. The molecule has 2 aliphatic rings. The number of aromatic nitrogens is 4. The van der Waals surface area contributed by atoms with Crippen LogP contribution in [-0.4, -0.2) is 39.1 Å². The van der Waals surface area contributed by atoms with Crippen LogP contribution in [0.2, 0.25) is 0 Å². The van der Waals surface area contributed by atoms with Gasteiger partial charge in [0.25, 0.3) is 5.91 Å². The molecule has 24 heavy (non-hydrogen) atoms. The van der Waals surface area contributed by atoms with Gasteiger partial charge in [-0.05, 0) is 12.8 Å². The molecule has 1 amide bonds. The normalized spacial score (nSPS) is 21.4. The third-order valence-electron chi connectivity index (χ3n) is 4.87. The van der Waals surface area contributed by atoms with Gasteiger partial charge in [0.05, 0.1) is 31.5 Å². The zero-order valence-corrected chi connectivity index (χ0v) is 14.5. The van der Waals surface area contributed by atoms with Gasteiger partial charge in [0.2, 0.25) is 0 Å². The summed E-state index contributed by atoms with van der Waals surface area (Å²) in [5, 5.41) is 14.3. The monoisotopic (exact) mass is 347 g/mol. The Kier molecular flexibility index (Phi) is 3.88. The van der Waals surface area contributed by atoms with Crippen molar-refractivity contribution >= 4 is 17.2 Å². The molecular formula is C16H21N5O2S. The Labute approximate surface area is 144 Å². The molecule has 1 N–H and O–H groups in total. The van der Waals surface area contributed by atoms with Crippen LogP contribution in [0.5, 0.6) is 0 Å². The number of nitrogens with zero attached hydrogens (tertiary/aromatic N) is 4. The van der Waals surface area contributed by atoms with Crippen LogP contribution >= 0.6 is 11.3 Å². The van der Waals surface area contributed by atoms with Crippen LogP contribution in [0.15, 0.2) is 17.8 Å². The predicted molar refractivity (Wildman–Crippen MR) is 88.7 cm³/mol. The summed E-state index contributed by atoms with van der Waals surface area (Å²) in [6.45, 7) is 4.31. The van der Waals surface area contributed by atoms with Crippen molar-refractivity contribution in [1.29, 1.82) is 0 Å². The van der Waals surface area contributed by atoms with E-state index in [0.717, 1.165) is 43.9 Å². The zero-order chi connectivity index (χ0) is 16.6. The maximum Gasteiger partial charge on any atom is 0.274 e. The van der Waals surface area contributed by atoms with Crippen LogP contribution in [0.25, 0.3) is 0 Å². The van der Waals surface area contributed by atoms with Gasteiger partial charge in [-0.1, -0.05) is 25.0 Å². The summed E-state index contributed by atoms with van der Waals surface area (Å²) in [5.41, 5.74) is 0.111. The Hall–Kier alpha value is -1.80. The lowest BCUT2D eigenvalue weighted by Gasteiger charge is -2.37. The largest absolute Gasteiger partial charge is 0.380 e. The number of ether oxygens (including phenoxy) is 1. The van der Waals surface area contributed by atoms with Crippen LogP contribution in [0.4, 0.5) is 0 Å². The van der Waals surface area contributed by atoms with Crippen LogP contribution in [-0.2, 0) is 16.8 Å². The highest BCUT2D eigenvalue weighted by Gasteiger charge is 2.40. The van der Waals surface area contributed by atoms with Crippen molar-refractivity contribution in [2.24, 2.45) is 5.41 Å². The van der Waals surface area contributed by atoms with E-state index in [1.807, 2.05) is 5.38 Å². The minimum atomic E-state index is -0.344. The molecule has 8 heteroatoms. The fourth-order valence-corrected chi connectivity index (χ4v) is 4.38. The molecule has 0 radical (unpaired) electrons. The Balaban J connectivity index is 1.48. The Morgan fingerprint density at radius 3 is 2.83 bits per heavy atom. The van der Waals surface area contributed by atoms with Crippen molar-refractivity contribution in [3.05, 3.63) is 28.5 Å². The van der Waals surface area contributed by atoms with E-state index < -0.39 is 0 Å². The van der Waals surface area contributed by atoms with E-state index in [0.29, 0.717) is 12.2 Å². The summed E-state index contributed by atoms with van der Waals surface area (Å²) in [6, 6.07) is 0. The quantitative estimate of drug-likeness (QED) is 0.894. The van der Waals surface area contributed by atoms with Gasteiger partial charge in [0.15, 0.2) is 5.69 Å². The van der Waals surface area contributed by atoms with Crippen LogP contribution < -0.4 is 5.32 Å². The van der Waals surface area contributed by atoms with Crippen molar-refractivity contribution in [3.63, 3.8) is 0 Å². The number of nitrogens with one attached hydrogen (secondary N) is 1. The molecule has 4 rings (SSSR count). The van der Waals surface area contributed by atoms with Crippen LogP contribution in [0.3, 0.4) is 0 Å². The van der Waals surface area contributed by atoms with E-state index in [1.54, 1.807) is 28.4 Å². The van der Waals surface area contributed by atoms with Crippen molar-refractivity contribution in [3.8, 4) is 0 Å². The fraction of sp³-hybridized carbons (Fsp3) is 0.625. The molecule has 1 saturated heterocycles. The van der Waals surface area contributed by atoms with E-state index in [9.17, 15) is 4.79 Å². The highest BCUT2D eigenvalue weighted by molar-refractivity contribution is 7.09. The highest BCUT2D eigenvalue weighted by atomic mass is 32.1. The Morgan fingerprint density at radius 1 is 1.42 bits per heavy atom. The van der Waals surface area contributed by atoms with Crippen molar-refractivity contribution in [2.75, 3.05) is 13.2 Å². The van der Waals surface area contributed by atoms with Crippen molar-refractivity contribution in [2.45, 2.75) is 44.7 Å². The van der Waals surface area contributed by atoms with Gasteiger partial charge in [-0.2, -0.15) is 0 Å². The number of carbonyl (C=O) groups is 1. The molecule has 1 aliphatic heterocycles. The van der Waals surface area contributed by atoms with Crippen LogP contribution in [0.1, 0.15) is 48.1 Å². The maximum atomic E-state index is 12.7. The second-order valence-corrected chi connectivity index (χ2v) is 8.08. The first-order chi connectivity index (χ1) is 11.6. The Bertz CT molecular complexity index is 717. The number of hydrogen-bond acceptors (Lipinski definition) is 6. The second kappa shape index (κ2) is 5.93. The van der Waals surface area contributed by atoms with E-state index in [1.165, 1.54) is 0 Å². The highest BCUT2D eigenvalue weighted by Crippen LogP contribution is 2.39. The summed E-state index contributed by atoms with van der Waals surface area (Å²) in [7, 11) is 0. The lowest BCUT2D eigenvalue weighted by Crippen LogP contribution is -2.44. The first kappa shape index (κ1) is 15.7.